The van der Waals surface area contributed by atoms with Crippen molar-refractivity contribution < 1.29 is 13.1 Å². The maximum Gasteiger partial charge on any atom is 0.261 e. The molecule has 0 bridgehead atoms. The van der Waals surface area contributed by atoms with Crippen molar-refractivity contribution in [1.29, 1.82) is 0 Å². The lowest BCUT2D eigenvalue weighted by molar-refractivity contribution is 0.340. The molecule has 0 saturated heterocycles. The van der Waals surface area contributed by atoms with E-state index < -0.39 is 11.3 Å². The Morgan fingerprint density at radius 3 is 2.48 bits per heavy atom. The summed E-state index contributed by atoms with van der Waals surface area (Å²) >= 11 is -1.54. The van der Waals surface area contributed by atoms with Gasteiger partial charge in [0.1, 0.15) is 11.5 Å². The minimum Gasteiger partial charge on any atom is -0.456 e. The van der Waals surface area contributed by atoms with Crippen molar-refractivity contribution in [3.05, 3.63) is 65.7 Å². The van der Waals surface area contributed by atoms with E-state index in [2.05, 4.69) is 36.8 Å². The molecule has 0 saturated carbocycles. The standard InChI is InChI=1S/C22H25NO3S/c1-4-5-14-25-27(24)23-18-12-13-21(17(3)15-18)26-22-11-7-9-19-16(2)8-6-10-20(19)22/h6-13,15,23H,4-5,14H2,1-3H3. The molecule has 0 aromatic heterocycles. The molecule has 0 aliphatic heterocycles. The Hall–Kier alpha value is -2.37. The summed E-state index contributed by atoms with van der Waals surface area (Å²) in [6.45, 7) is 6.62. The molecule has 1 N–H and O–H groups in total. The summed E-state index contributed by atoms with van der Waals surface area (Å²) in [7, 11) is 0. The van der Waals surface area contributed by atoms with Gasteiger partial charge >= 0.3 is 0 Å². The molecule has 3 aromatic rings. The highest BCUT2D eigenvalue weighted by molar-refractivity contribution is 7.81. The van der Waals surface area contributed by atoms with Gasteiger partial charge in [0.2, 0.25) is 0 Å². The van der Waals surface area contributed by atoms with Gasteiger partial charge in [-0.15, -0.1) is 0 Å². The van der Waals surface area contributed by atoms with Crippen LogP contribution in [0.3, 0.4) is 0 Å². The van der Waals surface area contributed by atoms with Crippen LogP contribution in [0.5, 0.6) is 11.5 Å². The van der Waals surface area contributed by atoms with Crippen molar-refractivity contribution in [3.8, 4) is 11.5 Å². The third-order valence-electron chi connectivity index (χ3n) is 4.38. The maximum absolute atomic E-state index is 11.9. The van der Waals surface area contributed by atoms with Gasteiger partial charge in [-0.05, 0) is 61.0 Å². The third kappa shape index (κ3) is 4.87. The molecule has 0 radical (unpaired) electrons. The van der Waals surface area contributed by atoms with Crippen molar-refractivity contribution >= 4 is 27.7 Å². The fourth-order valence-corrected chi connectivity index (χ4v) is 3.53. The van der Waals surface area contributed by atoms with Crippen LogP contribution in [0.25, 0.3) is 10.8 Å². The fraction of sp³-hybridized carbons (Fsp3) is 0.273. The number of ether oxygens (including phenoxy) is 1. The van der Waals surface area contributed by atoms with Crippen molar-refractivity contribution in [2.45, 2.75) is 33.6 Å². The first-order valence-corrected chi connectivity index (χ1v) is 10.2. The van der Waals surface area contributed by atoms with E-state index in [1.165, 1.54) is 10.9 Å². The van der Waals surface area contributed by atoms with Gasteiger partial charge in [-0.25, -0.2) is 4.21 Å². The highest BCUT2D eigenvalue weighted by Gasteiger charge is 2.08. The van der Waals surface area contributed by atoms with Crippen LogP contribution in [0.2, 0.25) is 0 Å². The minimum atomic E-state index is -1.54. The van der Waals surface area contributed by atoms with E-state index in [0.29, 0.717) is 6.61 Å². The zero-order valence-corrected chi connectivity index (χ0v) is 16.8. The fourth-order valence-electron chi connectivity index (χ4n) is 2.88. The van der Waals surface area contributed by atoms with E-state index in [4.69, 9.17) is 8.92 Å². The molecule has 3 aromatic carbocycles. The van der Waals surface area contributed by atoms with Crippen LogP contribution < -0.4 is 9.46 Å². The molecule has 0 spiro atoms. The number of anilines is 1. The molecule has 3 rings (SSSR count). The van der Waals surface area contributed by atoms with E-state index >= 15 is 0 Å². The number of benzene rings is 3. The number of nitrogens with one attached hydrogen (secondary N) is 1. The lowest BCUT2D eigenvalue weighted by atomic mass is 10.0. The molecule has 0 aliphatic carbocycles. The van der Waals surface area contributed by atoms with Crippen molar-refractivity contribution in [2.24, 2.45) is 0 Å². The summed E-state index contributed by atoms with van der Waals surface area (Å²) < 4.78 is 26.2. The highest BCUT2D eigenvalue weighted by Crippen LogP contribution is 2.33. The van der Waals surface area contributed by atoms with Gasteiger partial charge in [-0.2, -0.15) is 0 Å². The summed E-state index contributed by atoms with van der Waals surface area (Å²) in [6, 6.07) is 17.9. The lowest BCUT2D eigenvalue weighted by Gasteiger charge is -2.13. The number of hydrogen-bond donors (Lipinski definition) is 1. The molecule has 27 heavy (non-hydrogen) atoms. The van der Waals surface area contributed by atoms with Crippen LogP contribution in [0, 0.1) is 13.8 Å². The van der Waals surface area contributed by atoms with Crippen molar-refractivity contribution in [3.63, 3.8) is 0 Å². The summed E-state index contributed by atoms with van der Waals surface area (Å²) in [5.41, 5.74) is 2.92. The van der Waals surface area contributed by atoms with Gasteiger partial charge in [0.25, 0.3) is 11.3 Å². The second-order valence-electron chi connectivity index (χ2n) is 6.52. The predicted octanol–water partition coefficient (Wildman–Crippen LogP) is 6.06. The van der Waals surface area contributed by atoms with Gasteiger partial charge in [-0.3, -0.25) is 8.91 Å². The molecule has 0 fully saturated rings. The average molecular weight is 384 g/mol. The number of rotatable bonds is 8. The topological polar surface area (TPSA) is 47.6 Å². The minimum absolute atomic E-state index is 0.483. The average Bonchev–Trinajstić information content (AvgIpc) is 2.65. The van der Waals surface area contributed by atoms with Crippen molar-refractivity contribution in [2.75, 3.05) is 11.3 Å². The molecule has 5 heteroatoms. The first-order valence-electron chi connectivity index (χ1n) is 9.17. The number of hydrogen-bond acceptors (Lipinski definition) is 3. The Labute approximate surface area is 163 Å². The lowest BCUT2D eigenvalue weighted by Crippen LogP contribution is -2.09. The molecule has 142 valence electrons. The van der Waals surface area contributed by atoms with E-state index in [0.717, 1.165) is 41.0 Å². The van der Waals surface area contributed by atoms with Gasteiger partial charge in [-0.1, -0.05) is 43.7 Å². The molecule has 1 atom stereocenters. The quantitative estimate of drug-likeness (QED) is 0.481. The van der Waals surface area contributed by atoms with E-state index in [-0.39, 0.29) is 0 Å². The van der Waals surface area contributed by atoms with Gasteiger partial charge in [0.05, 0.1) is 6.61 Å². The first-order chi connectivity index (χ1) is 13.1. The van der Waals surface area contributed by atoms with Gasteiger partial charge in [0, 0.05) is 11.1 Å². The van der Waals surface area contributed by atoms with Crippen LogP contribution in [-0.2, 0) is 15.4 Å². The summed E-state index contributed by atoms with van der Waals surface area (Å²) in [5, 5.41) is 2.27. The Bertz CT molecular complexity index is 955. The van der Waals surface area contributed by atoms with Crippen LogP contribution >= 0.6 is 0 Å². The van der Waals surface area contributed by atoms with Crippen LogP contribution in [-0.4, -0.2) is 10.8 Å². The molecule has 4 nitrogen and oxygen atoms in total. The molecule has 0 aliphatic rings. The van der Waals surface area contributed by atoms with Gasteiger partial charge in [0.15, 0.2) is 0 Å². The van der Waals surface area contributed by atoms with Crippen LogP contribution in [0.4, 0.5) is 5.69 Å². The second-order valence-corrected chi connectivity index (χ2v) is 7.43. The van der Waals surface area contributed by atoms with Crippen LogP contribution in [0.1, 0.15) is 30.9 Å². The van der Waals surface area contributed by atoms with Crippen LogP contribution in [0.15, 0.2) is 54.6 Å². The SMILES string of the molecule is CCCCOS(=O)Nc1ccc(Oc2cccc3c(C)cccc23)c(C)c1. The smallest absolute Gasteiger partial charge is 0.261 e. The second kappa shape index (κ2) is 9.02. The van der Waals surface area contributed by atoms with E-state index in [1.807, 2.05) is 43.3 Å². The van der Waals surface area contributed by atoms with Crippen molar-refractivity contribution in [1.82, 2.24) is 0 Å². The Morgan fingerprint density at radius 2 is 1.70 bits per heavy atom. The summed E-state index contributed by atoms with van der Waals surface area (Å²) in [4.78, 5) is 0. The monoisotopic (exact) mass is 383 g/mol. The zero-order chi connectivity index (χ0) is 19.2. The molecule has 0 heterocycles. The largest absolute Gasteiger partial charge is 0.456 e. The van der Waals surface area contributed by atoms with E-state index in [1.54, 1.807) is 0 Å². The third-order valence-corrected chi connectivity index (χ3v) is 5.17. The summed E-state index contributed by atoms with van der Waals surface area (Å²) in [6.07, 6.45) is 1.90. The molecular weight excluding hydrogens is 358 g/mol. The normalized spacial score (nSPS) is 12.1. The van der Waals surface area contributed by atoms with Gasteiger partial charge < -0.3 is 4.74 Å². The number of aryl methyl sites for hydroxylation is 2. The van der Waals surface area contributed by atoms with E-state index in [9.17, 15) is 4.21 Å². The highest BCUT2D eigenvalue weighted by atomic mass is 32.2. The Balaban J connectivity index is 1.75. The zero-order valence-electron chi connectivity index (χ0n) is 16.0. The molecular formula is C22H25NO3S. The molecule has 1 unspecified atom stereocenters. The Kier molecular flexibility index (Phi) is 6.48. The predicted molar refractivity (Wildman–Crippen MR) is 113 cm³/mol. The number of fused-ring (bicyclic) bond motifs is 1. The first kappa shape index (κ1) is 19.4. The molecule has 0 amide bonds. The summed E-state index contributed by atoms with van der Waals surface area (Å²) in [5.74, 6) is 1.60. The number of unbranched alkanes of at least 4 members (excludes halogenated alkanes) is 1. The maximum atomic E-state index is 11.9. The Morgan fingerprint density at radius 1 is 0.926 bits per heavy atom.